The summed E-state index contributed by atoms with van der Waals surface area (Å²) in [5, 5.41) is 6.09. The van der Waals surface area contributed by atoms with Gasteiger partial charge in [-0.3, -0.25) is 4.79 Å². The molecule has 0 heterocycles. The first-order valence-corrected chi connectivity index (χ1v) is 9.61. The third-order valence-corrected chi connectivity index (χ3v) is 4.37. The minimum absolute atomic E-state index is 0.0219. The molecule has 0 fully saturated rings. The van der Waals surface area contributed by atoms with E-state index in [0.29, 0.717) is 13.2 Å². The van der Waals surface area contributed by atoms with Crippen LogP contribution in [0.25, 0.3) is 0 Å². The molecule has 0 aromatic heterocycles. The maximum atomic E-state index is 12.0. The number of hydrogen-bond donors (Lipinski definition) is 2. The molecular weight excluding hydrogens is 348 g/mol. The van der Waals surface area contributed by atoms with Crippen LogP contribution in [-0.4, -0.2) is 25.6 Å². The highest BCUT2D eigenvalue weighted by atomic mass is 16.5. The number of amides is 1. The summed E-state index contributed by atoms with van der Waals surface area (Å²) in [4.78, 5) is 12.0. The molecule has 0 saturated heterocycles. The third-order valence-electron chi connectivity index (χ3n) is 4.37. The molecule has 0 aliphatic heterocycles. The SMILES string of the molecule is O=C(CNc1cccc(OCCc2ccccc2)c1)NCCc1ccccc1. The van der Waals surface area contributed by atoms with Crippen LogP contribution in [-0.2, 0) is 17.6 Å². The highest BCUT2D eigenvalue weighted by Crippen LogP contribution is 2.17. The number of nitrogens with one attached hydrogen (secondary N) is 2. The van der Waals surface area contributed by atoms with Crippen molar-refractivity contribution in [1.82, 2.24) is 5.32 Å². The monoisotopic (exact) mass is 374 g/mol. The number of carbonyl (C=O) groups excluding carboxylic acids is 1. The fourth-order valence-electron chi connectivity index (χ4n) is 2.86. The smallest absolute Gasteiger partial charge is 0.239 e. The van der Waals surface area contributed by atoms with E-state index in [9.17, 15) is 4.79 Å². The largest absolute Gasteiger partial charge is 0.493 e. The van der Waals surface area contributed by atoms with Crippen molar-refractivity contribution in [3.63, 3.8) is 0 Å². The molecule has 3 rings (SSSR count). The van der Waals surface area contributed by atoms with Crippen molar-refractivity contribution >= 4 is 11.6 Å². The lowest BCUT2D eigenvalue weighted by Gasteiger charge is -2.10. The summed E-state index contributed by atoms with van der Waals surface area (Å²) in [6.45, 7) is 1.49. The second-order valence-electron chi connectivity index (χ2n) is 6.55. The maximum absolute atomic E-state index is 12.0. The van der Waals surface area contributed by atoms with Gasteiger partial charge in [-0.05, 0) is 29.7 Å². The minimum Gasteiger partial charge on any atom is -0.493 e. The van der Waals surface area contributed by atoms with Crippen molar-refractivity contribution in [2.45, 2.75) is 12.8 Å². The predicted molar refractivity (Wildman–Crippen MR) is 114 cm³/mol. The third kappa shape index (κ3) is 6.80. The van der Waals surface area contributed by atoms with Crippen molar-refractivity contribution in [1.29, 1.82) is 0 Å². The van der Waals surface area contributed by atoms with Gasteiger partial charge in [0.15, 0.2) is 0 Å². The molecule has 0 unspecified atom stereocenters. The number of hydrogen-bond acceptors (Lipinski definition) is 3. The Labute approximate surface area is 166 Å². The van der Waals surface area contributed by atoms with E-state index in [1.54, 1.807) is 0 Å². The van der Waals surface area contributed by atoms with Gasteiger partial charge >= 0.3 is 0 Å². The average molecular weight is 374 g/mol. The number of ether oxygens (including phenoxy) is 1. The van der Waals surface area contributed by atoms with Crippen LogP contribution in [0.5, 0.6) is 5.75 Å². The van der Waals surface area contributed by atoms with Crippen LogP contribution in [0.1, 0.15) is 11.1 Å². The first-order valence-electron chi connectivity index (χ1n) is 9.61. The molecule has 4 heteroatoms. The van der Waals surface area contributed by atoms with Gasteiger partial charge in [-0.15, -0.1) is 0 Å². The lowest BCUT2D eigenvalue weighted by atomic mass is 10.1. The summed E-state index contributed by atoms with van der Waals surface area (Å²) >= 11 is 0. The molecule has 0 aliphatic carbocycles. The molecule has 0 spiro atoms. The normalized spacial score (nSPS) is 10.3. The summed E-state index contributed by atoms with van der Waals surface area (Å²) in [5.74, 6) is 0.775. The van der Waals surface area contributed by atoms with Gasteiger partial charge in [-0.2, -0.15) is 0 Å². The van der Waals surface area contributed by atoms with Crippen molar-refractivity contribution < 1.29 is 9.53 Å². The van der Waals surface area contributed by atoms with Crippen LogP contribution in [0, 0.1) is 0 Å². The molecule has 0 saturated carbocycles. The molecule has 3 aromatic carbocycles. The molecule has 0 atom stereocenters. The lowest BCUT2D eigenvalue weighted by molar-refractivity contribution is -0.119. The summed E-state index contributed by atoms with van der Waals surface area (Å²) in [7, 11) is 0. The lowest BCUT2D eigenvalue weighted by Crippen LogP contribution is -2.31. The van der Waals surface area contributed by atoms with Gasteiger partial charge in [0.05, 0.1) is 13.2 Å². The van der Waals surface area contributed by atoms with E-state index in [0.717, 1.165) is 24.3 Å². The van der Waals surface area contributed by atoms with Crippen LogP contribution in [0.3, 0.4) is 0 Å². The summed E-state index contributed by atoms with van der Waals surface area (Å²) < 4.78 is 5.83. The second-order valence-corrected chi connectivity index (χ2v) is 6.55. The van der Waals surface area contributed by atoms with Crippen molar-refractivity contribution in [3.05, 3.63) is 96.1 Å². The first kappa shape index (κ1) is 19.5. The van der Waals surface area contributed by atoms with E-state index in [1.165, 1.54) is 11.1 Å². The summed E-state index contributed by atoms with van der Waals surface area (Å²) in [5.41, 5.74) is 3.34. The zero-order valence-electron chi connectivity index (χ0n) is 15.9. The van der Waals surface area contributed by atoms with Gasteiger partial charge in [0, 0.05) is 24.7 Å². The summed E-state index contributed by atoms with van der Waals surface area (Å²) in [6, 6.07) is 28.1. The Kier molecular flexibility index (Phi) is 7.50. The molecular formula is C24H26N2O2. The van der Waals surface area contributed by atoms with Gasteiger partial charge in [-0.1, -0.05) is 66.7 Å². The number of benzene rings is 3. The van der Waals surface area contributed by atoms with Gasteiger partial charge < -0.3 is 15.4 Å². The molecule has 1 amide bonds. The van der Waals surface area contributed by atoms with E-state index < -0.39 is 0 Å². The minimum atomic E-state index is -0.0219. The highest BCUT2D eigenvalue weighted by molar-refractivity contribution is 5.80. The standard InChI is InChI=1S/C24H26N2O2/c27-24(25-16-14-20-8-3-1-4-9-20)19-26-22-12-7-13-23(18-22)28-17-15-21-10-5-2-6-11-21/h1-13,18,26H,14-17,19H2,(H,25,27). The van der Waals surface area contributed by atoms with Crippen LogP contribution < -0.4 is 15.4 Å². The highest BCUT2D eigenvalue weighted by Gasteiger charge is 2.02. The van der Waals surface area contributed by atoms with E-state index in [2.05, 4.69) is 34.9 Å². The van der Waals surface area contributed by atoms with Crippen molar-refractivity contribution in [2.75, 3.05) is 25.0 Å². The molecule has 2 N–H and O–H groups in total. The summed E-state index contributed by atoms with van der Waals surface area (Å²) in [6.07, 6.45) is 1.69. The van der Waals surface area contributed by atoms with Crippen molar-refractivity contribution in [3.8, 4) is 5.75 Å². The second kappa shape index (κ2) is 10.8. The van der Waals surface area contributed by atoms with Crippen LogP contribution in [0.4, 0.5) is 5.69 Å². The molecule has 28 heavy (non-hydrogen) atoms. The quantitative estimate of drug-likeness (QED) is 0.562. The number of rotatable bonds is 10. The van der Waals surface area contributed by atoms with Crippen LogP contribution in [0.15, 0.2) is 84.9 Å². The number of carbonyl (C=O) groups is 1. The Hall–Kier alpha value is -3.27. The van der Waals surface area contributed by atoms with E-state index in [-0.39, 0.29) is 12.5 Å². The average Bonchev–Trinajstić information content (AvgIpc) is 2.74. The van der Waals surface area contributed by atoms with Gasteiger partial charge in [-0.25, -0.2) is 0 Å². The Bertz CT molecular complexity index is 851. The maximum Gasteiger partial charge on any atom is 0.239 e. The molecule has 4 nitrogen and oxygen atoms in total. The van der Waals surface area contributed by atoms with E-state index in [4.69, 9.17) is 4.74 Å². The zero-order chi connectivity index (χ0) is 19.4. The first-order chi connectivity index (χ1) is 13.8. The fraction of sp³-hybridized carbons (Fsp3) is 0.208. The van der Waals surface area contributed by atoms with E-state index >= 15 is 0 Å². The molecule has 144 valence electrons. The van der Waals surface area contributed by atoms with Crippen LogP contribution in [0.2, 0.25) is 0 Å². The Morgan fingerprint density at radius 1 is 0.786 bits per heavy atom. The molecule has 0 radical (unpaired) electrons. The molecule has 0 aliphatic rings. The number of anilines is 1. The molecule has 3 aromatic rings. The van der Waals surface area contributed by atoms with Gasteiger partial charge in [0.1, 0.15) is 5.75 Å². The van der Waals surface area contributed by atoms with Gasteiger partial charge in [0.25, 0.3) is 0 Å². The predicted octanol–water partition coefficient (Wildman–Crippen LogP) is 4.08. The Balaban J connectivity index is 1.37. The fourth-order valence-corrected chi connectivity index (χ4v) is 2.86. The van der Waals surface area contributed by atoms with Gasteiger partial charge in [0.2, 0.25) is 5.91 Å². The molecule has 0 bridgehead atoms. The van der Waals surface area contributed by atoms with E-state index in [1.807, 2.05) is 60.7 Å². The van der Waals surface area contributed by atoms with Crippen molar-refractivity contribution in [2.24, 2.45) is 0 Å². The van der Waals surface area contributed by atoms with Crippen LogP contribution >= 0.6 is 0 Å². The topological polar surface area (TPSA) is 50.4 Å². The Morgan fingerprint density at radius 3 is 2.18 bits per heavy atom. The zero-order valence-corrected chi connectivity index (χ0v) is 15.9. The Morgan fingerprint density at radius 2 is 1.46 bits per heavy atom.